The van der Waals surface area contributed by atoms with Crippen LogP contribution in [0, 0.1) is 0 Å². The zero-order chi connectivity index (χ0) is 19.8. The van der Waals surface area contributed by atoms with Gasteiger partial charge in [0.2, 0.25) is 5.75 Å². The third kappa shape index (κ3) is 2.81. The summed E-state index contributed by atoms with van der Waals surface area (Å²) in [4.78, 5) is 4.75. The molecule has 0 saturated carbocycles. The first kappa shape index (κ1) is 18.7. The maximum atomic E-state index is 9.61. The van der Waals surface area contributed by atoms with E-state index in [1.807, 2.05) is 36.4 Å². The Morgan fingerprint density at radius 3 is 2.18 bits per heavy atom. The van der Waals surface area contributed by atoms with E-state index in [0.29, 0.717) is 28.4 Å². The Kier molecular flexibility index (Phi) is 4.94. The van der Waals surface area contributed by atoms with Crippen LogP contribution >= 0.6 is 9.47 Å². The maximum Gasteiger partial charge on any atom is 0.204 e. The highest BCUT2D eigenvalue weighted by atomic mass is 31.0. The molecule has 1 unspecified atom stereocenters. The van der Waals surface area contributed by atoms with E-state index in [2.05, 4.69) is 9.47 Å². The zero-order valence-corrected chi connectivity index (χ0v) is 16.7. The number of methoxy groups -OCH3 is 2. The number of aliphatic hydroxyl groups excluding tert-OH is 2. The van der Waals surface area contributed by atoms with Crippen molar-refractivity contribution in [3.8, 4) is 17.2 Å². The molecule has 0 radical (unpaired) electrons. The number of hydrogen-bond acceptors (Lipinski definition) is 6. The summed E-state index contributed by atoms with van der Waals surface area (Å²) in [7, 11) is 5.40. The molecule has 1 aromatic heterocycles. The monoisotopic (exact) mass is 397 g/mol. The van der Waals surface area contributed by atoms with Crippen LogP contribution in [0.25, 0.3) is 32.6 Å². The highest BCUT2D eigenvalue weighted by Crippen LogP contribution is 2.46. The molecule has 7 heteroatoms. The fraction of sp³-hybridized carbons (Fsp3) is 0.190. The van der Waals surface area contributed by atoms with E-state index in [1.54, 1.807) is 14.2 Å². The van der Waals surface area contributed by atoms with Gasteiger partial charge in [0.05, 0.1) is 47.9 Å². The van der Waals surface area contributed by atoms with Crippen molar-refractivity contribution in [2.75, 3.05) is 14.2 Å². The molecule has 1 atom stereocenters. The molecule has 0 amide bonds. The van der Waals surface area contributed by atoms with Gasteiger partial charge in [0.25, 0.3) is 0 Å². The summed E-state index contributed by atoms with van der Waals surface area (Å²) in [5.41, 5.74) is 2.93. The van der Waals surface area contributed by atoms with Gasteiger partial charge in [-0.1, -0.05) is 0 Å². The van der Waals surface area contributed by atoms with Gasteiger partial charge in [0.15, 0.2) is 11.5 Å². The highest BCUT2D eigenvalue weighted by molar-refractivity contribution is 7.10. The van der Waals surface area contributed by atoms with E-state index in [-0.39, 0.29) is 13.2 Å². The van der Waals surface area contributed by atoms with E-state index in [9.17, 15) is 10.2 Å². The van der Waals surface area contributed by atoms with Crippen molar-refractivity contribution < 1.29 is 24.2 Å². The minimum atomic E-state index is -0.144. The van der Waals surface area contributed by atoms with Crippen LogP contribution in [0.15, 0.2) is 36.4 Å². The molecule has 0 spiro atoms. The predicted molar refractivity (Wildman–Crippen MR) is 112 cm³/mol. The molecule has 0 aliphatic carbocycles. The van der Waals surface area contributed by atoms with Gasteiger partial charge >= 0.3 is 0 Å². The number of hydrogen-bond donors (Lipinski definition) is 2. The Morgan fingerprint density at radius 1 is 0.821 bits per heavy atom. The first-order valence-corrected chi connectivity index (χ1v) is 9.14. The Labute approximate surface area is 164 Å². The number of aliphatic hydroxyl groups is 2. The molecule has 0 saturated heterocycles. The fourth-order valence-corrected chi connectivity index (χ4v) is 3.80. The Bertz CT molecular complexity index is 1210. The zero-order valence-electron chi connectivity index (χ0n) is 15.5. The average Bonchev–Trinajstić information content (AvgIpc) is 2.74. The minimum absolute atomic E-state index is 0.143. The molecule has 28 heavy (non-hydrogen) atoms. The largest absolute Gasteiger partial charge is 0.492 e. The molecular formula is C21H20NO5P. The Morgan fingerprint density at radius 2 is 1.54 bits per heavy atom. The maximum absolute atomic E-state index is 9.61. The molecule has 2 N–H and O–H groups in total. The molecular weight excluding hydrogens is 377 g/mol. The molecule has 0 fully saturated rings. The van der Waals surface area contributed by atoms with E-state index >= 15 is 0 Å². The Hall–Kier alpha value is -2.66. The van der Waals surface area contributed by atoms with Crippen LogP contribution in [0.2, 0.25) is 0 Å². The van der Waals surface area contributed by atoms with Crippen LogP contribution in [0.1, 0.15) is 11.1 Å². The van der Waals surface area contributed by atoms with Gasteiger partial charge < -0.3 is 24.2 Å². The van der Waals surface area contributed by atoms with E-state index in [1.165, 1.54) is 0 Å². The molecule has 0 bridgehead atoms. The summed E-state index contributed by atoms with van der Waals surface area (Å²) in [6.45, 7) is -0.287. The summed E-state index contributed by atoms with van der Waals surface area (Å²) in [6, 6.07) is 11.5. The number of benzene rings is 3. The lowest BCUT2D eigenvalue weighted by Crippen LogP contribution is -1.97. The van der Waals surface area contributed by atoms with Gasteiger partial charge in [-0.15, -0.1) is 0 Å². The van der Waals surface area contributed by atoms with Crippen molar-refractivity contribution >= 4 is 42.0 Å². The van der Waals surface area contributed by atoms with E-state index in [0.717, 1.165) is 32.6 Å². The molecule has 4 aromatic rings. The number of pyridine rings is 1. The molecule has 1 heterocycles. The quantitative estimate of drug-likeness (QED) is 0.304. The predicted octanol–water partition coefficient (Wildman–Crippen LogP) is 3.71. The van der Waals surface area contributed by atoms with Crippen LogP contribution in [-0.4, -0.2) is 29.4 Å². The van der Waals surface area contributed by atoms with Crippen LogP contribution < -0.4 is 14.0 Å². The smallest absolute Gasteiger partial charge is 0.204 e. The summed E-state index contributed by atoms with van der Waals surface area (Å²) < 4.78 is 16.5. The number of ether oxygens (including phenoxy) is 2. The lowest BCUT2D eigenvalue weighted by Gasteiger charge is -2.16. The molecule has 3 aromatic carbocycles. The summed E-state index contributed by atoms with van der Waals surface area (Å²) in [5.74, 6) is 1.65. The van der Waals surface area contributed by atoms with Crippen molar-refractivity contribution in [3.63, 3.8) is 0 Å². The van der Waals surface area contributed by atoms with Gasteiger partial charge in [-0.25, -0.2) is 4.98 Å². The summed E-state index contributed by atoms with van der Waals surface area (Å²) in [5, 5.41) is 22.8. The lowest BCUT2D eigenvalue weighted by molar-refractivity contribution is 0.260. The van der Waals surface area contributed by atoms with Crippen molar-refractivity contribution in [1.82, 2.24) is 4.98 Å². The third-order valence-corrected chi connectivity index (χ3v) is 5.23. The molecule has 4 rings (SSSR count). The first-order chi connectivity index (χ1) is 13.6. The van der Waals surface area contributed by atoms with Crippen molar-refractivity contribution in [1.29, 1.82) is 0 Å². The number of fused-ring (bicyclic) bond motifs is 4. The summed E-state index contributed by atoms with van der Waals surface area (Å²) in [6.07, 6.45) is 0. The van der Waals surface area contributed by atoms with Gasteiger partial charge in [0.1, 0.15) is 0 Å². The first-order valence-electron chi connectivity index (χ1n) is 8.67. The van der Waals surface area contributed by atoms with Crippen LogP contribution in [-0.2, 0) is 13.2 Å². The van der Waals surface area contributed by atoms with Gasteiger partial charge in [-0.05, 0) is 52.9 Å². The molecule has 0 aliphatic heterocycles. The minimum Gasteiger partial charge on any atom is -0.492 e. The molecule has 144 valence electrons. The van der Waals surface area contributed by atoms with Crippen LogP contribution in [0.3, 0.4) is 0 Å². The number of aromatic nitrogens is 1. The third-order valence-electron chi connectivity index (χ3n) is 4.98. The van der Waals surface area contributed by atoms with Crippen LogP contribution in [0.5, 0.6) is 17.2 Å². The van der Waals surface area contributed by atoms with Crippen molar-refractivity contribution in [2.24, 2.45) is 0 Å². The second-order valence-electron chi connectivity index (χ2n) is 6.40. The normalized spacial score (nSPS) is 11.3. The lowest BCUT2D eigenvalue weighted by atomic mass is 9.99. The molecule has 6 nitrogen and oxygen atoms in total. The van der Waals surface area contributed by atoms with Crippen molar-refractivity contribution in [2.45, 2.75) is 13.2 Å². The number of nitrogens with zero attached hydrogens (tertiary/aromatic N) is 1. The fourth-order valence-electron chi connectivity index (χ4n) is 3.63. The van der Waals surface area contributed by atoms with E-state index in [4.69, 9.17) is 19.0 Å². The number of rotatable bonds is 5. The highest BCUT2D eigenvalue weighted by Gasteiger charge is 2.18. The second kappa shape index (κ2) is 7.40. The van der Waals surface area contributed by atoms with Crippen molar-refractivity contribution in [3.05, 3.63) is 47.5 Å². The SMILES string of the molecule is COc1c(OP)cc2c(ccc3nc4cc(CO)c(CO)cc4cc32)c1OC. The Balaban J connectivity index is 2.12. The second-order valence-corrected chi connectivity index (χ2v) is 6.64. The summed E-state index contributed by atoms with van der Waals surface area (Å²) >= 11 is 0. The van der Waals surface area contributed by atoms with Gasteiger partial charge in [-0.3, -0.25) is 0 Å². The van der Waals surface area contributed by atoms with Gasteiger partial charge in [-0.2, -0.15) is 0 Å². The average molecular weight is 397 g/mol. The molecule has 0 aliphatic rings. The standard InChI is InChI=1S/C21H20NO5P/c1-25-20-14-3-4-17-16(15(14)8-19(27-28)21(20)26-2)6-11-5-12(9-23)13(10-24)7-18(11)22-17/h3-8,23-24H,9-10,28H2,1-2H3. The van der Waals surface area contributed by atoms with Gasteiger partial charge in [0, 0.05) is 16.2 Å². The topological polar surface area (TPSA) is 81.0 Å². The van der Waals surface area contributed by atoms with E-state index < -0.39 is 0 Å². The van der Waals surface area contributed by atoms with Crippen LogP contribution in [0.4, 0.5) is 0 Å².